The molecule has 0 aromatic carbocycles. The van der Waals surface area contributed by atoms with Crippen molar-refractivity contribution in [3.05, 3.63) is 34.8 Å². The van der Waals surface area contributed by atoms with Crippen LogP contribution in [-0.4, -0.2) is 39.2 Å². The van der Waals surface area contributed by atoms with Gasteiger partial charge in [0.1, 0.15) is 5.69 Å². The SMILES string of the molecule is Cn1cc(CO)c2c1C(=O)C=C(N1CC1)C2=O. The van der Waals surface area contributed by atoms with Crippen LogP contribution in [0.4, 0.5) is 0 Å². The number of rotatable bonds is 2. The third-order valence-electron chi connectivity index (χ3n) is 3.18. The topological polar surface area (TPSA) is 62.3 Å². The summed E-state index contributed by atoms with van der Waals surface area (Å²) < 4.78 is 1.61. The molecule has 1 aromatic heterocycles. The Morgan fingerprint density at radius 3 is 2.65 bits per heavy atom. The van der Waals surface area contributed by atoms with Crippen LogP contribution in [0.15, 0.2) is 18.0 Å². The van der Waals surface area contributed by atoms with Gasteiger partial charge in [-0.1, -0.05) is 0 Å². The van der Waals surface area contributed by atoms with Crippen molar-refractivity contribution in [3.63, 3.8) is 0 Å². The van der Waals surface area contributed by atoms with Crippen molar-refractivity contribution in [2.24, 2.45) is 7.05 Å². The molecule has 0 bridgehead atoms. The number of fused-ring (bicyclic) bond motifs is 1. The standard InChI is InChI=1S/C12H12N2O3/c1-13-5-7(6-15)10-11(13)9(16)4-8(12(10)17)14-2-3-14/h4-5,15H,2-3,6H2,1H3. The summed E-state index contributed by atoms with van der Waals surface area (Å²) in [6.45, 7) is 1.42. The van der Waals surface area contributed by atoms with Crippen molar-refractivity contribution in [1.82, 2.24) is 9.47 Å². The molecule has 88 valence electrons. The molecule has 0 spiro atoms. The Kier molecular flexibility index (Phi) is 2.00. The predicted octanol–water partition coefficient (Wildman–Crippen LogP) is 0.0959. The molecule has 2 heterocycles. The van der Waals surface area contributed by atoms with Gasteiger partial charge in [-0.15, -0.1) is 0 Å². The Labute approximate surface area is 97.9 Å². The highest BCUT2D eigenvalue weighted by Crippen LogP contribution is 2.29. The molecule has 0 radical (unpaired) electrons. The monoisotopic (exact) mass is 232 g/mol. The number of hydrogen-bond donors (Lipinski definition) is 1. The smallest absolute Gasteiger partial charge is 0.211 e. The van der Waals surface area contributed by atoms with E-state index in [0.717, 1.165) is 13.1 Å². The minimum Gasteiger partial charge on any atom is -0.392 e. The Bertz CT molecular complexity index is 565. The molecule has 5 nitrogen and oxygen atoms in total. The zero-order valence-electron chi connectivity index (χ0n) is 9.43. The summed E-state index contributed by atoms with van der Waals surface area (Å²) in [4.78, 5) is 26.1. The van der Waals surface area contributed by atoms with E-state index in [0.29, 0.717) is 22.5 Å². The van der Waals surface area contributed by atoms with Gasteiger partial charge in [0.15, 0.2) is 0 Å². The summed E-state index contributed by atoms with van der Waals surface area (Å²) in [5.41, 5.74) is 1.73. The zero-order valence-corrected chi connectivity index (χ0v) is 9.43. The van der Waals surface area contributed by atoms with Crippen LogP contribution >= 0.6 is 0 Å². The number of aromatic nitrogens is 1. The number of allylic oxidation sites excluding steroid dienone is 2. The summed E-state index contributed by atoms with van der Waals surface area (Å²) in [5.74, 6) is -0.314. The number of carbonyl (C=O) groups excluding carboxylic acids is 2. The highest BCUT2D eigenvalue weighted by molar-refractivity contribution is 6.24. The van der Waals surface area contributed by atoms with Gasteiger partial charge in [-0.05, 0) is 0 Å². The lowest BCUT2D eigenvalue weighted by Crippen LogP contribution is -2.22. The van der Waals surface area contributed by atoms with Crippen LogP contribution in [0, 0.1) is 0 Å². The van der Waals surface area contributed by atoms with Gasteiger partial charge >= 0.3 is 0 Å². The number of aryl methyl sites for hydroxylation is 1. The minimum absolute atomic E-state index is 0.151. The van der Waals surface area contributed by atoms with Gasteiger partial charge in [-0.3, -0.25) is 9.59 Å². The molecule has 0 amide bonds. The average Bonchev–Trinajstić information content (AvgIpc) is 3.07. The van der Waals surface area contributed by atoms with Gasteiger partial charge < -0.3 is 14.6 Å². The Hall–Kier alpha value is -1.88. The van der Waals surface area contributed by atoms with Gasteiger partial charge in [0.2, 0.25) is 11.6 Å². The van der Waals surface area contributed by atoms with Crippen molar-refractivity contribution in [2.75, 3.05) is 13.1 Å². The number of aliphatic hydroxyl groups excluding tert-OH is 1. The summed E-state index contributed by atoms with van der Waals surface area (Å²) >= 11 is 0. The Morgan fingerprint density at radius 2 is 2.06 bits per heavy atom. The molecule has 1 aliphatic heterocycles. The molecule has 0 unspecified atom stereocenters. The first-order chi connectivity index (χ1) is 8.13. The van der Waals surface area contributed by atoms with E-state index in [4.69, 9.17) is 0 Å². The van der Waals surface area contributed by atoms with Crippen molar-refractivity contribution in [3.8, 4) is 0 Å². The Morgan fingerprint density at radius 1 is 1.35 bits per heavy atom. The summed E-state index contributed by atoms with van der Waals surface area (Å²) in [6.07, 6.45) is 3.04. The molecule has 3 rings (SSSR count). The van der Waals surface area contributed by atoms with Gasteiger partial charge in [0, 0.05) is 38.0 Å². The fourth-order valence-electron chi connectivity index (χ4n) is 2.27. The van der Waals surface area contributed by atoms with Crippen LogP contribution in [0.25, 0.3) is 0 Å². The molecule has 5 heteroatoms. The predicted molar refractivity (Wildman–Crippen MR) is 59.7 cm³/mol. The number of Topliss-reactive ketones (excluding diaryl/α,β-unsaturated/α-hetero) is 1. The molecule has 17 heavy (non-hydrogen) atoms. The molecule has 1 fully saturated rings. The third kappa shape index (κ3) is 1.36. The molecule has 1 aromatic rings. The van der Waals surface area contributed by atoms with Crippen LogP contribution in [-0.2, 0) is 13.7 Å². The fraction of sp³-hybridized carbons (Fsp3) is 0.333. The van der Waals surface area contributed by atoms with E-state index in [1.807, 2.05) is 4.90 Å². The van der Waals surface area contributed by atoms with Crippen molar-refractivity contribution >= 4 is 11.6 Å². The van der Waals surface area contributed by atoms with Crippen molar-refractivity contribution in [1.29, 1.82) is 0 Å². The van der Waals surface area contributed by atoms with Gasteiger partial charge in [-0.2, -0.15) is 0 Å². The second kappa shape index (κ2) is 3.30. The van der Waals surface area contributed by atoms with Crippen LogP contribution in [0.2, 0.25) is 0 Å². The first-order valence-corrected chi connectivity index (χ1v) is 5.48. The van der Waals surface area contributed by atoms with Crippen LogP contribution in [0.5, 0.6) is 0 Å². The van der Waals surface area contributed by atoms with Gasteiger partial charge in [-0.25, -0.2) is 0 Å². The summed E-state index contributed by atoms with van der Waals surface area (Å²) in [7, 11) is 1.71. The fourth-order valence-corrected chi connectivity index (χ4v) is 2.27. The molecule has 2 aliphatic rings. The average molecular weight is 232 g/mol. The molecule has 0 atom stereocenters. The first-order valence-electron chi connectivity index (χ1n) is 5.48. The number of hydrogen-bond acceptors (Lipinski definition) is 4. The largest absolute Gasteiger partial charge is 0.392 e. The van der Waals surface area contributed by atoms with E-state index in [-0.39, 0.29) is 18.2 Å². The second-order valence-electron chi connectivity index (χ2n) is 4.36. The number of nitrogens with zero attached hydrogens (tertiary/aromatic N) is 2. The summed E-state index contributed by atoms with van der Waals surface area (Å²) in [6, 6.07) is 0. The first kappa shape index (κ1) is 10.3. The normalized spacial score (nSPS) is 18.2. The second-order valence-corrected chi connectivity index (χ2v) is 4.36. The molecular weight excluding hydrogens is 220 g/mol. The van der Waals surface area contributed by atoms with Crippen LogP contribution in [0.3, 0.4) is 0 Å². The van der Waals surface area contributed by atoms with E-state index in [1.54, 1.807) is 17.8 Å². The number of ketones is 2. The van der Waals surface area contributed by atoms with E-state index < -0.39 is 0 Å². The van der Waals surface area contributed by atoms with E-state index >= 15 is 0 Å². The zero-order chi connectivity index (χ0) is 12.2. The lowest BCUT2D eigenvalue weighted by atomic mass is 9.96. The molecule has 0 saturated carbocycles. The van der Waals surface area contributed by atoms with E-state index in [9.17, 15) is 14.7 Å². The maximum absolute atomic E-state index is 12.3. The molecule has 1 aliphatic carbocycles. The van der Waals surface area contributed by atoms with Crippen molar-refractivity contribution < 1.29 is 14.7 Å². The molecular formula is C12H12N2O3. The van der Waals surface area contributed by atoms with Crippen LogP contribution < -0.4 is 0 Å². The lowest BCUT2D eigenvalue weighted by molar-refractivity contribution is 0.0964. The Balaban J connectivity index is 2.18. The van der Waals surface area contributed by atoms with Crippen LogP contribution in [0.1, 0.15) is 26.4 Å². The maximum Gasteiger partial charge on any atom is 0.211 e. The van der Waals surface area contributed by atoms with Gasteiger partial charge in [0.05, 0.1) is 17.9 Å². The van der Waals surface area contributed by atoms with E-state index in [1.165, 1.54) is 6.08 Å². The number of aliphatic hydroxyl groups is 1. The number of carbonyl (C=O) groups is 2. The molecule has 1 saturated heterocycles. The highest BCUT2D eigenvalue weighted by atomic mass is 16.3. The minimum atomic E-state index is -0.227. The van der Waals surface area contributed by atoms with E-state index in [2.05, 4.69) is 0 Å². The third-order valence-corrected chi connectivity index (χ3v) is 3.18. The summed E-state index contributed by atoms with van der Waals surface area (Å²) in [5, 5.41) is 9.24. The quantitative estimate of drug-likeness (QED) is 0.734. The van der Waals surface area contributed by atoms with Crippen molar-refractivity contribution in [2.45, 2.75) is 6.61 Å². The molecule has 1 N–H and O–H groups in total. The maximum atomic E-state index is 12.3. The van der Waals surface area contributed by atoms with Gasteiger partial charge in [0.25, 0.3) is 0 Å². The lowest BCUT2D eigenvalue weighted by Gasteiger charge is -2.14. The highest BCUT2D eigenvalue weighted by Gasteiger charge is 2.36.